The van der Waals surface area contributed by atoms with Crippen molar-refractivity contribution in [3.05, 3.63) is 0 Å². The number of halogens is 10. The molecule has 0 rings (SSSR count). The molecule has 0 aliphatic rings. The fourth-order valence-corrected chi connectivity index (χ4v) is 3.15. The van der Waals surface area contributed by atoms with Crippen molar-refractivity contribution in [2.75, 3.05) is 0 Å². The van der Waals surface area contributed by atoms with Crippen LogP contribution >= 0.6 is 11.5 Å². The topological polar surface area (TPSA) is 130 Å². The summed E-state index contributed by atoms with van der Waals surface area (Å²) in [5, 5.41) is 0. The van der Waals surface area contributed by atoms with E-state index in [0.717, 1.165) is 0 Å². The van der Waals surface area contributed by atoms with Crippen molar-refractivity contribution >= 4 is 48.0 Å². The molecule has 0 atom stereocenters. The van der Waals surface area contributed by atoms with E-state index < -0.39 is 53.0 Å². The van der Waals surface area contributed by atoms with Gasteiger partial charge in [-0.15, -0.1) is 0 Å². The highest BCUT2D eigenvalue weighted by atomic mass is 35.5. The van der Waals surface area contributed by atoms with E-state index in [0.29, 0.717) is 0 Å². The van der Waals surface area contributed by atoms with Gasteiger partial charge in [-0.25, -0.2) is 0 Å². The van der Waals surface area contributed by atoms with E-state index in [1.165, 1.54) is 0 Å². The molecule has 9 nitrogen and oxygen atoms in total. The van der Waals surface area contributed by atoms with E-state index >= 15 is 0 Å². The Bertz CT molecular complexity index is 723. The molecule has 0 N–H and O–H groups in total. The molecular formula is C3BClF9O9S3-. The van der Waals surface area contributed by atoms with E-state index in [1.807, 2.05) is 0 Å². The van der Waals surface area contributed by atoms with E-state index in [4.69, 9.17) is 0 Å². The number of hydrogen-bond acceptors (Lipinski definition) is 9. The molecule has 0 aromatic carbocycles. The van der Waals surface area contributed by atoms with Crippen LogP contribution in [-0.2, 0) is 42.7 Å². The maximum absolute atomic E-state index is 12.1. The van der Waals surface area contributed by atoms with Crippen molar-refractivity contribution in [2.45, 2.75) is 16.5 Å². The first-order valence-electron chi connectivity index (χ1n) is 4.74. The summed E-state index contributed by atoms with van der Waals surface area (Å²) in [6.45, 7) is 0. The van der Waals surface area contributed by atoms with Gasteiger partial charge < -0.3 is 12.3 Å². The largest absolute Gasteiger partial charge is 0.519 e. The van der Waals surface area contributed by atoms with Gasteiger partial charge in [0.2, 0.25) is 0 Å². The third-order valence-corrected chi connectivity index (χ3v) is 5.38. The fourth-order valence-electron chi connectivity index (χ4n) is 0.666. The Kier molecular flexibility index (Phi) is 6.66. The van der Waals surface area contributed by atoms with Crippen LogP contribution in [0.5, 0.6) is 0 Å². The molecule has 0 aromatic heterocycles. The van der Waals surface area contributed by atoms with Crippen LogP contribution in [0.4, 0.5) is 39.5 Å². The van der Waals surface area contributed by atoms with E-state index in [9.17, 15) is 64.8 Å². The van der Waals surface area contributed by atoms with Gasteiger partial charge in [0, 0.05) is 0 Å². The van der Waals surface area contributed by atoms with Crippen LogP contribution in [0, 0.1) is 0 Å². The van der Waals surface area contributed by atoms with Crippen LogP contribution in [0.25, 0.3) is 0 Å². The summed E-state index contributed by atoms with van der Waals surface area (Å²) in [4.78, 5) is 0. The summed E-state index contributed by atoms with van der Waals surface area (Å²) in [6.07, 6.45) is -6.44. The Morgan fingerprint density at radius 3 is 0.808 bits per heavy atom. The van der Waals surface area contributed by atoms with Crippen LogP contribution in [0.1, 0.15) is 0 Å². The summed E-state index contributed by atoms with van der Waals surface area (Å²) < 4.78 is 180. The average Bonchev–Trinajstić information content (AvgIpc) is 2.19. The molecule has 0 aromatic rings. The number of rotatable bonds is 6. The molecule has 0 saturated heterocycles. The quantitative estimate of drug-likeness (QED) is 0.305. The van der Waals surface area contributed by atoms with Gasteiger partial charge >= 0.3 is 53.0 Å². The number of alkyl halides is 9. The summed E-state index contributed by atoms with van der Waals surface area (Å²) in [5.41, 5.74) is -19.9. The van der Waals surface area contributed by atoms with Gasteiger partial charge in [-0.3, -0.25) is 11.5 Å². The van der Waals surface area contributed by atoms with Crippen molar-refractivity contribution in [2.24, 2.45) is 0 Å². The van der Waals surface area contributed by atoms with Gasteiger partial charge in [0.15, 0.2) is 0 Å². The lowest BCUT2D eigenvalue weighted by atomic mass is 10.2. The minimum Gasteiger partial charge on any atom is -0.411 e. The predicted molar refractivity (Wildman–Crippen MR) is 59.8 cm³/mol. The first-order valence-corrected chi connectivity index (χ1v) is 9.40. The second-order valence-electron chi connectivity index (χ2n) is 3.54. The van der Waals surface area contributed by atoms with Gasteiger partial charge in [0.1, 0.15) is 0 Å². The lowest BCUT2D eigenvalue weighted by Gasteiger charge is -2.33. The lowest BCUT2D eigenvalue weighted by molar-refractivity contribution is -0.0567. The second kappa shape index (κ2) is 6.81. The molecule has 0 radical (unpaired) electrons. The van der Waals surface area contributed by atoms with Crippen molar-refractivity contribution < 1.29 is 77.1 Å². The van der Waals surface area contributed by atoms with Gasteiger partial charge in [0.25, 0.3) is 0 Å². The summed E-state index contributed by atoms with van der Waals surface area (Å²) in [5.74, 6) is 0. The molecule has 158 valence electrons. The Morgan fingerprint density at radius 2 is 0.692 bits per heavy atom. The summed E-state index contributed by atoms with van der Waals surface area (Å²) in [7, 11) is -21.9. The maximum Gasteiger partial charge on any atom is 0.519 e. The highest BCUT2D eigenvalue weighted by Crippen LogP contribution is 2.37. The van der Waals surface area contributed by atoms with E-state index in [2.05, 4.69) is 23.8 Å². The SMILES string of the molecule is O=S(=O)(O[B-](Cl)(OS(=O)(=O)C(F)(F)F)OS(=O)(=O)C(F)(F)F)C(F)(F)F. The first kappa shape index (κ1) is 25.5. The third kappa shape index (κ3) is 5.98. The van der Waals surface area contributed by atoms with Gasteiger partial charge in [0.05, 0.1) is 0 Å². The standard InChI is InChI=1S/C3BClF9O9S3/c5-4(21-24(15,16)1(6,7)8,22-25(17,18)2(9,10)11)23-26(19,20)3(12,13)14/q-1. The van der Waals surface area contributed by atoms with Crippen molar-refractivity contribution in [3.63, 3.8) is 0 Å². The zero-order valence-electron chi connectivity index (χ0n) is 10.8. The van der Waals surface area contributed by atoms with Crippen molar-refractivity contribution in [1.29, 1.82) is 0 Å². The first-order chi connectivity index (χ1) is 10.9. The highest BCUT2D eigenvalue weighted by molar-refractivity contribution is 7.92. The predicted octanol–water partition coefficient (Wildman–Crippen LogP) is 1.26. The molecule has 0 aliphatic heterocycles. The molecule has 0 heterocycles. The zero-order chi connectivity index (χ0) is 21.6. The monoisotopic (exact) mass is 493 g/mol. The highest BCUT2D eigenvalue weighted by Gasteiger charge is 2.59. The van der Waals surface area contributed by atoms with Crippen LogP contribution in [0.2, 0.25) is 0 Å². The maximum atomic E-state index is 12.1. The number of hydrogen-bond donors (Lipinski definition) is 0. The van der Waals surface area contributed by atoms with E-state index in [-0.39, 0.29) is 0 Å². The smallest absolute Gasteiger partial charge is 0.411 e. The second-order valence-corrected chi connectivity index (χ2v) is 8.77. The molecule has 26 heavy (non-hydrogen) atoms. The summed E-state index contributed by atoms with van der Waals surface area (Å²) >= 11 is 4.37. The Hall–Kier alpha value is -0.545. The molecule has 0 saturated carbocycles. The van der Waals surface area contributed by atoms with Crippen LogP contribution in [0.3, 0.4) is 0 Å². The summed E-state index contributed by atoms with van der Waals surface area (Å²) in [6, 6.07) is 0. The van der Waals surface area contributed by atoms with Crippen LogP contribution < -0.4 is 0 Å². The average molecular weight is 493 g/mol. The van der Waals surface area contributed by atoms with Crippen molar-refractivity contribution in [1.82, 2.24) is 0 Å². The van der Waals surface area contributed by atoms with Gasteiger partial charge in [-0.05, 0) is 0 Å². The Morgan fingerprint density at radius 1 is 0.538 bits per heavy atom. The lowest BCUT2D eigenvalue weighted by Crippen LogP contribution is -2.51. The normalized spacial score (nSPS) is 15.9. The molecule has 0 aliphatic carbocycles. The third-order valence-electron chi connectivity index (χ3n) is 1.58. The fraction of sp³-hybridized carbons (Fsp3) is 1.00. The van der Waals surface area contributed by atoms with Gasteiger partial charge in [-0.2, -0.15) is 64.8 Å². The van der Waals surface area contributed by atoms with Crippen molar-refractivity contribution in [3.8, 4) is 0 Å². The minimum atomic E-state index is -7.31. The van der Waals surface area contributed by atoms with E-state index in [1.54, 1.807) is 0 Å². The molecule has 0 bridgehead atoms. The molecule has 0 fully saturated rings. The Balaban J connectivity index is 6.32. The molecule has 0 unspecified atom stereocenters. The van der Waals surface area contributed by atoms with Crippen LogP contribution in [0.15, 0.2) is 0 Å². The molecule has 0 spiro atoms. The minimum absolute atomic E-state index is 2.52. The molecule has 0 amide bonds. The Labute approximate surface area is 142 Å². The van der Waals surface area contributed by atoms with Crippen LogP contribution in [-0.4, -0.2) is 47.9 Å². The molecular weight excluding hydrogens is 493 g/mol. The zero-order valence-corrected chi connectivity index (χ0v) is 14.0. The molecule has 23 heteroatoms. The van der Waals surface area contributed by atoms with Gasteiger partial charge in [-0.1, -0.05) is 0 Å².